The van der Waals surface area contributed by atoms with Crippen LogP contribution in [-0.2, 0) is 6.18 Å². The van der Waals surface area contributed by atoms with Crippen molar-refractivity contribution in [2.24, 2.45) is 0 Å². The maximum absolute atomic E-state index is 12.7. The summed E-state index contributed by atoms with van der Waals surface area (Å²) in [5.41, 5.74) is 0.358. The van der Waals surface area contributed by atoms with Gasteiger partial charge in [0, 0.05) is 6.54 Å². The van der Waals surface area contributed by atoms with Gasteiger partial charge in [-0.05, 0) is 30.7 Å². The third-order valence-corrected chi connectivity index (χ3v) is 3.60. The lowest BCUT2D eigenvalue weighted by Gasteiger charge is -2.08. The Balaban J connectivity index is 1.75. The van der Waals surface area contributed by atoms with E-state index in [9.17, 15) is 22.4 Å². The first-order chi connectivity index (χ1) is 10.9. The number of nitrogens with zero attached hydrogens (tertiary/aromatic N) is 1. The van der Waals surface area contributed by atoms with Crippen LogP contribution in [0.5, 0.6) is 5.75 Å². The van der Waals surface area contributed by atoms with E-state index in [4.69, 9.17) is 4.74 Å². The van der Waals surface area contributed by atoms with Crippen molar-refractivity contribution < 1.29 is 27.1 Å². The number of carbonyl (C=O) groups is 1. The second-order valence-electron chi connectivity index (χ2n) is 4.44. The maximum atomic E-state index is 12.7. The van der Waals surface area contributed by atoms with Gasteiger partial charge in [0.2, 0.25) is 0 Å². The Hall–Kier alpha value is -2.16. The topological polar surface area (TPSA) is 51.2 Å². The zero-order chi connectivity index (χ0) is 16.9. The van der Waals surface area contributed by atoms with E-state index in [0.717, 1.165) is 5.51 Å². The SMILES string of the molecule is O=C(NCCCOc1ccc(F)cc1)c1ncsc1C(F)(F)F. The molecule has 0 radical (unpaired) electrons. The van der Waals surface area contributed by atoms with E-state index in [0.29, 0.717) is 23.5 Å². The third-order valence-electron chi connectivity index (χ3n) is 2.73. The number of hydrogen-bond acceptors (Lipinski definition) is 4. The van der Waals surface area contributed by atoms with Gasteiger partial charge in [-0.3, -0.25) is 4.79 Å². The number of rotatable bonds is 6. The number of hydrogen-bond donors (Lipinski definition) is 1. The molecular weight excluding hydrogens is 336 g/mol. The average Bonchev–Trinajstić information content (AvgIpc) is 2.98. The van der Waals surface area contributed by atoms with Gasteiger partial charge < -0.3 is 10.1 Å². The molecule has 0 bridgehead atoms. The van der Waals surface area contributed by atoms with E-state index in [1.165, 1.54) is 24.3 Å². The molecule has 2 aromatic rings. The molecule has 1 amide bonds. The van der Waals surface area contributed by atoms with E-state index in [2.05, 4.69) is 10.3 Å². The van der Waals surface area contributed by atoms with E-state index in [1.807, 2.05) is 0 Å². The zero-order valence-corrected chi connectivity index (χ0v) is 12.5. The lowest BCUT2D eigenvalue weighted by molar-refractivity contribution is -0.134. The van der Waals surface area contributed by atoms with Crippen LogP contribution in [0.3, 0.4) is 0 Å². The second kappa shape index (κ2) is 7.40. The first kappa shape index (κ1) is 17.2. The summed E-state index contributed by atoms with van der Waals surface area (Å²) in [6.45, 7) is 0.365. The molecule has 23 heavy (non-hydrogen) atoms. The van der Waals surface area contributed by atoms with Gasteiger partial charge in [0.1, 0.15) is 16.4 Å². The minimum atomic E-state index is -4.60. The number of alkyl halides is 3. The summed E-state index contributed by atoms with van der Waals surface area (Å²) in [6.07, 6.45) is -4.21. The summed E-state index contributed by atoms with van der Waals surface area (Å²) >= 11 is 0.375. The minimum absolute atomic E-state index is 0.134. The number of carbonyl (C=O) groups excluding carboxylic acids is 1. The highest BCUT2D eigenvalue weighted by Gasteiger charge is 2.37. The van der Waals surface area contributed by atoms with Crippen molar-refractivity contribution in [2.75, 3.05) is 13.2 Å². The third kappa shape index (κ3) is 4.92. The van der Waals surface area contributed by atoms with Gasteiger partial charge in [-0.15, -0.1) is 11.3 Å². The molecule has 0 aliphatic carbocycles. The van der Waals surface area contributed by atoms with Crippen molar-refractivity contribution in [2.45, 2.75) is 12.6 Å². The van der Waals surface area contributed by atoms with Crippen molar-refractivity contribution in [3.63, 3.8) is 0 Å². The van der Waals surface area contributed by atoms with Crippen molar-refractivity contribution in [3.05, 3.63) is 46.2 Å². The molecule has 1 aromatic heterocycles. The quantitative estimate of drug-likeness (QED) is 0.642. The standard InChI is InChI=1S/C14H12F4N2O2S/c15-9-2-4-10(5-3-9)22-7-1-6-19-13(21)11-12(14(16,17)18)23-8-20-11/h2-5,8H,1,6-7H2,(H,19,21). The molecule has 0 saturated heterocycles. The monoisotopic (exact) mass is 348 g/mol. The van der Waals surface area contributed by atoms with Gasteiger partial charge in [-0.25, -0.2) is 9.37 Å². The molecular formula is C14H12F4N2O2S. The predicted octanol–water partition coefficient (Wildman–Crippen LogP) is 3.50. The molecule has 0 saturated carbocycles. The number of ether oxygens (including phenoxy) is 1. The fourth-order valence-electron chi connectivity index (χ4n) is 1.69. The molecule has 1 N–H and O–H groups in total. The van der Waals surface area contributed by atoms with E-state index < -0.39 is 22.7 Å². The summed E-state index contributed by atoms with van der Waals surface area (Å²) in [5, 5.41) is 2.36. The molecule has 2 rings (SSSR count). The number of thiazole rings is 1. The summed E-state index contributed by atoms with van der Waals surface area (Å²) in [6, 6.07) is 5.41. The van der Waals surface area contributed by atoms with Crippen LogP contribution >= 0.6 is 11.3 Å². The van der Waals surface area contributed by atoms with Crippen LogP contribution in [0.2, 0.25) is 0 Å². The molecule has 0 aliphatic rings. The Morgan fingerprint density at radius 1 is 1.26 bits per heavy atom. The Kier molecular flexibility index (Phi) is 5.54. The van der Waals surface area contributed by atoms with Gasteiger partial charge in [-0.2, -0.15) is 13.2 Å². The summed E-state index contributed by atoms with van der Waals surface area (Å²) in [7, 11) is 0. The lowest BCUT2D eigenvalue weighted by Crippen LogP contribution is -2.27. The first-order valence-corrected chi connectivity index (χ1v) is 7.43. The number of halogens is 4. The van der Waals surface area contributed by atoms with Crippen molar-refractivity contribution >= 4 is 17.2 Å². The van der Waals surface area contributed by atoms with E-state index >= 15 is 0 Å². The first-order valence-electron chi connectivity index (χ1n) is 6.55. The van der Waals surface area contributed by atoms with Gasteiger partial charge in [0.25, 0.3) is 5.91 Å². The highest BCUT2D eigenvalue weighted by atomic mass is 32.1. The molecule has 0 unspecified atom stereocenters. The normalized spacial score (nSPS) is 11.3. The zero-order valence-electron chi connectivity index (χ0n) is 11.7. The summed E-state index contributed by atoms with van der Waals surface area (Å²) in [4.78, 5) is 14.1. The van der Waals surface area contributed by atoms with Crippen LogP contribution in [0.15, 0.2) is 29.8 Å². The molecule has 124 valence electrons. The number of aromatic nitrogens is 1. The van der Waals surface area contributed by atoms with Crippen molar-refractivity contribution in [1.82, 2.24) is 10.3 Å². The molecule has 1 heterocycles. The van der Waals surface area contributed by atoms with Gasteiger partial charge in [-0.1, -0.05) is 0 Å². The molecule has 4 nitrogen and oxygen atoms in total. The van der Waals surface area contributed by atoms with Crippen LogP contribution in [0.1, 0.15) is 21.8 Å². The number of nitrogens with one attached hydrogen (secondary N) is 1. The Morgan fingerprint density at radius 2 is 1.96 bits per heavy atom. The smallest absolute Gasteiger partial charge is 0.427 e. The van der Waals surface area contributed by atoms with Crippen LogP contribution in [-0.4, -0.2) is 24.0 Å². The predicted molar refractivity (Wildman–Crippen MR) is 76.0 cm³/mol. The Bertz CT molecular complexity index is 656. The van der Waals surface area contributed by atoms with E-state index in [-0.39, 0.29) is 19.0 Å². The van der Waals surface area contributed by atoms with Crippen molar-refractivity contribution in [3.8, 4) is 5.75 Å². The highest BCUT2D eigenvalue weighted by molar-refractivity contribution is 7.10. The Morgan fingerprint density at radius 3 is 2.61 bits per heavy atom. The molecule has 0 spiro atoms. The van der Waals surface area contributed by atoms with Gasteiger partial charge in [0.05, 0.1) is 12.1 Å². The van der Waals surface area contributed by atoms with Gasteiger partial charge >= 0.3 is 6.18 Å². The van der Waals surface area contributed by atoms with Crippen LogP contribution in [0.25, 0.3) is 0 Å². The summed E-state index contributed by atoms with van der Waals surface area (Å²) in [5.74, 6) is -0.787. The summed E-state index contributed by atoms with van der Waals surface area (Å²) < 4.78 is 55.9. The largest absolute Gasteiger partial charge is 0.494 e. The maximum Gasteiger partial charge on any atom is 0.427 e. The average molecular weight is 348 g/mol. The van der Waals surface area contributed by atoms with E-state index in [1.54, 1.807) is 0 Å². The molecule has 1 aromatic carbocycles. The second-order valence-corrected chi connectivity index (χ2v) is 5.29. The fraction of sp³-hybridized carbons (Fsp3) is 0.286. The highest BCUT2D eigenvalue weighted by Crippen LogP contribution is 2.34. The van der Waals surface area contributed by atoms with Crippen LogP contribution in [0, 0.1) is 5.82 Å². The van der Waals surface area contributed by atoms with Gasteiger partial charge in [0.15, 0.2) is 5.69 Å². The van der Waals surface area contributed by atoms with Crippen LogP contribution < -0.4 is 10.1 Å². The molecule has 9 heteroatoms. The van der Waals surface area contributed by atoms with Crippen molar-refractivity contribution in [1.29, 1.82) is 0 Å². The Labute approximate surface area is 133 Å². The van der Waals surface area contributed by atoms with Crippen LogP contribution in [0.4, 0.5) is 17.6 Å². The molecule has 0 fully saturated rings. The fourth-order valence-corrected chi connectivity index (χ4v) is 2.34. The molecule has 0 atom stereocenters. The number of amides is 1. The minimum Gasteiger partial charge on any atom is -0.494 e. The molecule has 0 aliphatic heterocycles. The number of benzene rings is 1. The lowest BCUT2D eigenvalue weighted by atomic mass is 10.3.